The van der Waals surface area contributed by atoms with Crippen LogP contribution in [0.1, 0.15) is 104 Å². The van der Waals surface area contributed by atoms with Gasteiger partial charge in [-0.15, -0.1) is 0 Å². The third-order valence-electron chi connectivity index (χ3n) is 15.9. The predicted molar refractivity (Wildman–Crippen MR) is 263 cm³/mol. The molecule has 0 radical (unpaired) electrons. The van der Waals surface area contributed by atoms with Gasteiger partial charge in [0.2, 0.25) is 0 Å². The van der Waals surface area contributed by atoms with Crippen molar-refractivity contribution in [1.29, 1.82) is 0 Å². The third-order valence-corrected chi connectivity index (χ3v) is 16.5. The number of fused-ring (bicyclic) bond motifs is 8. The molecular weight excluding hydrogens is 947 g/mol. The van der Waals surface area contributed by atoms with Crippen molar-refractivity contribution in [1.82, 2.24) is 15.1 Å². The predicted octanol–water partition coefficient (Wildman–Crippen LogP) is 5.40. The van der Waals surface area contributed by atoms with Gasteiger partial charge >= 0.3 is 30.1 Å². The SMILES string of the molecule is C[SiH2]O[C@@H](C(=O)O[C@H]1C[C@@]2(O)[C@@H](OC(=O)c3ccccc3)[C@@H]3[C@]4(OC(C)=O)CO[C@@H]4C[C@H](OC(=O)N4CCN(C)CC4)[C@@]3(C)[C@@H]3OC(C)(C)O[C@@H]3C(=C1C)C2(C)C)[C@@H](NC(=O)OC(C)(C)C)c1ccccc1. The Bertz CT molecular complexity index is 2410. The first-order valence-corrected chi connectivity index (χ1v) is 27.1. The summed E-state index contributed by atoms with van der Waals surface area (Å²) in [4.78, 5) is 75.2. The monoisotopic (exact) mass is 1020 g/mol. The van der Waals surface area contributed by atoms with E-state index in [0.717, 1.165) is 0 Å². The number of nitrogens with one attached hydrogen (secondary N) is 1. The van der Waals surface area contributed by atoms with Gasteiger partial charge in [-0.2, -0.15) is 0 Å². The summed E-state index contributed by atoms with van der Waals surface area (Å²) < 4.78 is 59.0. The molecule has 0 unspecified atom stereocenters. The van der Waals surface area contributed by atoms with E-state index >= 15 is 4.79 Å². The summed E-state index contributed by atoms with van der Waals surface area (Å²) in [5, 5.41) is 17.2. The number of nitrogens with zero attached hydrogens (tertiary/aromatic N) is 2. The molecule has 2 aromatic rings. The number of alkyl carbamates (subject to hydrolysis) is 1. The summed E-state index contributed by atoms with van der Waals surface area (Å²) in [5.41, 5.74) is -5.70. The molecule has 2 bridgehead atoms. The molecule has 19 heteroatoms. The average molecular weight is 1020 g/mol. The van der Waals surface area contributed by atoms with Crippen LogP contribution in [-0.2, 0) is 51.9 Å². The summed E-state index contributed by atoms with van der Waals surface area (Å²) >= 11 is 0. The van der Waals surface area contributed by atoms with Crippen LogP contribution >= 0.6 is 0 Å². The Balaban J connectivity index is 1.31. The van der Waals surface area contributed by atoms with Crippen molar-refractivity contribution in [3.8, 4) is 0 Å². The van der Waals surface area contributed by atoms with Gasteiger partial charge in [0.05, 0.1) is 24.1 Å². The van der Waals surface area contributed by atoms with Crippen molar-refractivity contribution < 1.29 is 71.4 Å². The largest absolute Gasteiger partial charge is 0.456 e. The van der Waals surface area contributed by atoms with Crippen LogP contribution in [0.5, 0.6) is 0 Å². The fourth-order valence-corrected chi connectivity index (χ4v) is 13.0. The number of hydrogen-bond donors (Lipinski definition) is 2. The lowest BCUT2D eigenvalue weighted by molar-refractivity contribution is -0.362. The van der Waals surface area contributed by atoms with Crippen LogP contribution in [0, 0.1) is 16.7 Å². The average Bonchev–Trinajstić information content (AvgIpc) is 3.63. The van der Waals surface area contributed by atoms with Crippen LogP contribution in [0.2, 0.25) is 6.55 Å². The molecule has 3 saturated heterocycles. The summed E-state index contributed by atoms with van der Waals surface area (Å²) in [6.07, 6.45) is -9.82. The first kappa shape index (κ1) is 53.4. The van der Waals surface area contributed by atoms with E-state index < -0.39 is 128 Å². The number of benzene rings is 2. The van der Waals surface area contributed by atoms with Gasteiger partial charge < -0.3 is 62.5 Å². The Hall–Kier alpha value is -4.89. The number of carbonyl (C=O) groups excluding carboxylic acids is 5. The van der Waals surface area contributed by atoms with Crippen LogP contribution in [0.3, 0.4) is 0 Å². The second kappa shape index (κ2) is 19.8. The standard InChI is InChI=1S/C53H73N3O15Si/c1-30-34(64-45(59)40(71-72-12)38(32-19-15-13-16-20-32)54-46(60)70-48(3,4)5)28-53(62)43(66-44(58)33-21-17-14-18-22-33)41-51(10,42-39(37(30)49(53,6)7)68-50(8,9)69-42)35(27-36-52(41,29-63-36)67-31(2)57)65-47(61)56-25-23-55(11)24-26-56/h13-22,34-36,38-43,62H,23-29,72H2,1-12H3,(H,54,60)/t34-,35-,36+,38-,39+,40+,41-,42+,43-,51+,52-,53+/m0/s1. The fourth-order valence-electron chi connectivity index (χ4n) is 12.3. The number of amides is 2. The Morgan fingerprint density at radius 1 is 0.889 bits per heavy atom. The highest BCUT2D eigenvalue weighted by atomic mass is 28.2. The van der Waals surface area contributed by atoms with E-state index in [1.54, 1.807) is 94.1 Å². The van der Waals surface area contributed by atoms with Crippen LogP contribution < -0.4 is 5.32 Å². The number of carbonyl (C=O) groups is 5. The van der Waals surface area contributed by atoms with E-state index in [1.807, 2.05) is 47.4 Å². The van der Waals surface area contributed by atoms with Crippen molar-refractivity contribution in [2.45, 2.75) is 160 Å². The quantitative estimate of drug-likeness (QED) is 0.125. The van der Waals surface area contributed by atoms with Crippen LogP contribution in [0.25, 0.3) is 0 Å². The van der Waals surface area contributed by atoms with Gasteiger partial charge in [0, 0.05) is 56.8 Å². The van der Waals surface area contributed by atoms with Gasteiger partial charge in [0.1, 0.15) is 47.8 Å². The molecule has 8 rings (SSSR count). The second-order valence-electron chi connectivity index (χ2n) is 22.4. The zero-order valence-electron chi connectivity index (χ0n) is 43.7. The molecule has 394 valence electrons. The molecule has 5 fully saturated rings. The fraction of sp³-hybridized carbons (Fsp3) is 0.642. The lowest BCUT2D eigenvalue weighted by Gasteiger charge is -2.69. The number of hydrogen-bond acceptors (Lipinski definition) is 16. The lowest BCUT2D eigenvalue weighted by Crippen LogP contribution is -2.82. The maximum Gasteiger partial charge on any atom is 0.410 e. The first-order valence-electron chi connectivity index (χ1n) is 25.1. The van der Waals surface area contributed by atoms with Crippen molar-refractivity contribution in [3.63, 3.8) is 0 Å². The molecule has 2 N–H and O–H groups in total. The normalized spacial score (nSPS) is 33.6. The van der Waals surface area contributed by atoms with E-state index in [-0.39, 0.29) is 25.0 Å². The van der Waals surface area contributed by atoms with Crippen molar-refractivity contribution in [2.24, 2.45) is 16.7 Å². The minimum Gasteiger partial charge on any atom is -0.456 e. The van der Waals surface area contributed by atoms with E-state index in [0.29, 0.717) is 42.9 Å². The highest BCUT2D eigenvalue weighted by Gasteiger charge is 2.80. The molecule has 3 aliphatic heterocycles. The van der Waals surface area contributed by atoms with Gasteiger partial charge in [0.25, 0.3) is 0 Å². The highest BCUT2D eigenvalue weighted by molar-refractivity contribution is 6.25. The Morgan fingerprint density at radius 2 is 1.53 bits per heavy atom. The van der Waals surface area contributed by atoms with Gasteiger partial charge in [-0.25, -0.2) is 19.2 Å². The van der Waals surface area contributed by atoms with Crippen molar-refractivity contribution in [2.75, 3.05) is 39.8 Å². The van der Waals surface area contributed by atoms with E-state index in [9.17, 15) is 24.3 Å². The number of aliphatic hydroxyl groups is 1. The van der Waals surface area contributed by atoms with Crippen LogP contribution in [-0.4, -0.2) is 160 Å². The number of esters is 3. The van der Waals surface area contributed by atoms with E-state index in [2.05, 4.69) is 10.2 Å². The van der Waals surface area contributed by atoms with Crippen LogP contribution in [0.4, 0.5) is 9.59 Å². The summed E-state index contributed by atoms with van der Waals surface area (Å²) in [7, 11) is 0.612. The molecule has 6 aliphatic rings. The number of piperazine rings is 1. The van der Waals surface area contributed by atoms with Crippen molar-refractivity contribution >= 4 is 39.9 Å². The molecule has 3 heterocycles. The van der Waals surface area contributed by atoms with Crippen molar-refractivity contribution in [3.05, 3.63) is 82.9 Å². The summed E-state index contributed by atoms with van der Waals surface area (Å²) in [5.74, 6) is -4.81. The number of likely N-dealkylation sites (N-methyl/N-ethyl adjacent to an activating group) is 1. The molecule has 12 atom stereocenters. The molecule has 0 aromatic heterocycles. The molecule has 72 heavy (non-hydrogen) atoms. The minimum absolute atomic E-state index is 0.0637. The minimum atomic E-state index is -2.19. The van der Waals surface area contributed by atoms with Crippen LogP contribution in [0.15, 0.2) is 71.8 Å². The molecular formula is C53H73N3O15Si. The summed E-state index contributed by atoms with van der Waals surface area (Å²) in [6, 6.07) is 16.2. The molecule has 2 saturated carbocycles. The van der Waals surface area contributed by atoms with E-state index in [4.69, 9.17) is 42.3 Å². The molecule has 3 aliphatic carbocycles. The van der Waals surface area contributed by atoms with Gasteiger partial charge in [0.15, 0.2) is 27.3 Å². The second-order valence-corrected chi connectivity index (χ2v) is 23.4. The Kier molecular flexibility index (Phi) is 14.6. The summed E-state index contributed by atoms with van der Waals surface area (Å²) in [6.45, 7) is 21.2. The Morgan fingerprint density at radius 3 is 2.11 bits per heavy atom. The van der Waals surface area contributed by atoms with Gasteiger partial charge in [-0.1, -0.05) is 75.8 Å². The number of ether oxygens (including phenoxy) is 8. The smallest absolute Gasteiger partial charge is 0.410 e. The molecule has 2 amide bonds. The maximum atomic E-state index is 15.1. The highest BCUT2D eigenvalue weighted by Crippen LogP contribution is 2.68. The lowest BCUT2D eigenvalue weighted by atomic mass is 9.44. The maximum absolute atomic E-state index is 15.1. The Labute approximate surface area is 424 Å². The molecule has 18 nitrogen and oxygen atoms in total. The van der Waals surface area contributed by atoms with E-state index in [1.165, 1.54) is 6.92 Å². The number of rotatable bonds is 11. The topological polar surface area (TPSA) is 207 Å². The zero-order valence-corrected chi connectivity index (χ0v) is 45.1. The zero-order chi connectivity index (χ0) is 52.3. The van der Waals surface area contributed by atoms with Gasteiger partial charge in [-0.3, -0.25) is 4.79 Å². The first-order chi connectivity index (χ1) is 33.8. The molecule has 0 spiro atoms. The third kappa shape index (κ3) is 9.70. The molecule has 2 aromatic carbocycles. The van der Waals surface area contributed by atoms with Gasteiger partial charge in [-0.05, 0) is 77.4 Å².